The maximum atomic E-state index is 11.6. The molecule has 0 N–H and O–H groups in total. The van der Waals surface area contributed by atoms with Gasteiger partial charge in [0.25, 0.3) is 0 Å². The highest BCUT2D eigenvalue weighted by molar-refractivity contribution is 5.82. The largest absolute Gasteiger partial charge is 0.435 e. The Balaban J connectivity index is 2.69. The zero-order valence-electron chi connectivity index (χ0n) is 9.19. The number of rotatable bonds is 4. The summed E-state index contributed by atoms with van der Waals surface area (Å²) in [5, 5.41) is 0. The van der Waals surface area contributed by atoms with Gasteiger partial charge in [0.2, 0.25) is 0 Å². The Morgan fingerprint density at radius 1 is 0.938 bits per heavy atom. The maximum Gasteiger partial charge on any atom is 0.314 e. The second kappa shape index (κ2) is 6.10. The number of carbonyl (C=O) groups excluding carboxylic acids is 2. The first-order chi connectivity index (χ1) is 7.70. The van der Waals surface area contributed by atoms with E-state index >= 15 is 0 Å². The molecule has 16 heavy (non-hydrogen) atoms. The Hall–Kier alpha value is -1.58. The standard InChI is InChI=1S/C12H16O4/c1-3-15-11(13)9-7-5-6-8-10(9)12(14)16-4-2/h3-4,9-10H,1-2,5-8H2. The molecule has 0 heterocycles. The maximum absolute atomic E-state index is 11.6. The zero-order valence-corrected chi connectivity index (χ0v) is 9.19. The lowest BCUT2D eigenvalue weighted by molar-refractivity contribution is -0.156. The van der Waals surface area contributed by atoms with E-state index < -0.39 is 23.8 Å². The van der Waals surface area contributed by atoms with Crippen molar-refractivity contribution in [1.82, 2.24) is 0 Å². The molecule has 0 aliphatic heterocycles. The van der Waals surface area contributed by atoms with Crippen LogP contribution in [-0.2, 0) is 19.1 Å². The molecule has 4 nitrogen and oxygen atoms in total. The van der Waals surface area contributed by atoms with Gasteiger partial charge in [0.1, 0.15) is 0 Å². The number of ether oxygens (including phenoxy) is 2. The summed E-state index contributed by atoms with van der Waals surface area (Å²) in [6.07, 6.45) is 5.34. The predicted molar refractivity (Wildman–Crippen MR) is 58.0 cm³/mol. The lowest BCUT2D eigenvalue weighted by Gasteiger charge is -2.27. The van der Waals surface area contributed by atoms with Gasteiger partial charge in [-0.15, -0.1) is 0 Å². The fourth-order valence-electron chi connectivity index (χ4n) is 2.03. The number of carbonyl (C=O) groups is 2. The summed E-state index contributed by atoms with van der Waals surface area (Å²) in [5.74, 6) is -1.64. The van der Waals surface area contributed by atoms with E-state index in [0.717, 1.165) is 25.4 Å². The van der Waals surface area contributed by atoms with E-state index in [1.165, 1.54) is 0 Å². The molecule has 0 radical (unpaired) electrons. The molecule has 1 fully saturated rings. The van der Waals surface area contributed by atoms with Crippen molar-refractivity contribution in [3.05, 3.63) is 25.7 Å². The van der Waals surface area contributed by atoms with Gasteiger partial charge >= 0.3 is 11.9 Å². The Labute approximate surface area is 94.9 Å². The summed E-state index contributed by atoms with van der Waals surface area (Å²) in [4.78, 5) is 23.2. The van der Waals surface area contributed by atoms with Crippen molar-refractivity contribution in [3.63, 3.8) is 0 Å². The second-order valence-corrected chi connectivity index (χ2v) is 3.70. The minimum absolute atomic E-state index is 0.402. The van der Waals surface area contributed by atoms with E-state index in [1.807, 2.05) is 0 Å². The van der Waals surface area contributed by atoms with Crippen molar-refractivity contribution in [2.24, 2.45) is 11.8 Å². The molecule has 1 aliphatic carbocycles. The normalized spacial score (nSPS) is 24.2. The van der Waals surface area contributed by atoms with Crippen LogP contribution in [0.1, 0.15) is 25.7 Å². The molecule has 1 saturated carbocycles. The van der Waals surface area contributed by atoms with Gasteiger partial charge in [-0.05, 0) is 12.8 Å². The molecular formula is C12H16O4. The average Bonchev–Trinajstić information content (AvgIpc) is 2.30. The van der Waals surface area contributed by atoms with Gasteiger partial charge in [-0.25, -0.2) is 0 Å². The molecule has 88 valence electrons. The summed E-state index contributed by atoms with van der Waals surface area (Å²) < 4.78 is 9.46. The Morgan fingerprint density at radius 2 is 1.31 bits per heavy atom. The smallest absolute Gasteiger partial charge is 0.314 e. The van der Waals surface area contributed by atoms with Crippen LogP contribution in [0.2, 0.25) is 0 Å². The van der Waals surface area contributed by atoms with Crippen molar-refractivity contribution in [3.8, 4) is 0 Å². The zero-order chi connectivity index (χ0) is 12.0. The molecule has 0 aromatic rings. The average molecular weight is 224 g/mol. The van der Waals surface area contributed by atoms with Crippen LogP contribution in [0.25, 0.3) is 0 Å². The van der Waals surface area contributed by atoms with Crippen LogP contribution in [0, 0.1) is 11.8 Å². The quantitative estimate of drug-likeness (QED) is 0.542. The molecule has 0 amide bonds. The van der Waals surface area contributed by atoms with E-state index in [1.54, 1.807) is 0 Å². The topological polar surface area (TPSA) is 52.6 Å². The molecule has 0 aromatic heterocycles. The third-order valence-electron chi connectivity index (χ3n) is 2.77. The van der Waals surface area contributed by atoms with Gasteiger partial charge < -0.3 is 9.47 Å². The van der Waals surface area contributed by atoms with Crippen LogP contribution in [0.3, 0.4) is 0 Å². The molecule has 0 spiro atoms. The summed E-state index contributed by atoms with van der Waals surface area (Å²) in [5.41, 5.74) is 0. The summed E-state index contributed by atoms with van der Waals surface area (Å²) in [7, 11) is 0. The van der Waals surface area contributed by atoms with Crippen LogP contribution in [0.5, 0.6) is 0 Å². The van der Waals surface area contributed by atoms with Gasteiger partial charge in [-0.2, -0.15) is 0 Å². The highest BCUT2D eigenvalue weighted by Crippen LogP contribution is 2.32. The summed E-state index contributed by atoms with van der Waals surface area (Å²) >= 11 is 0. The molecule has 0 saturated heterocycles. The molecular weight excluding hydrogens is 208 g/mol. The van der Waals surface area contributed by atoms with E-state index in [0.29, 0.717) is 12.8 Å². The SMILES string of the molecule is C=COC(=O)C1CCCCC1C(=O)OC=C. The summed E-state index contributed by atoms with van der Waals surface area (Å²) in [6.45, 7) is 6.65. The number of hydrogen-bond donors (Lipinski definition) is 0. The van der Waals surface area contributed by atoms with E-state index in [9.17, 15) is 9.59 Å². The lowest BCUT2D eigenvalue weighted by atomic mass is 9.79. The van der Waals surface area contributed by atoms with E-state index in [2.05, 4.69) is 13.2 Å². The number of hydrogen-bond acceptors (Lipinski definition) is 4. The third-order valence-corrected chi connectivity index (χ3v) is 2.77. The minimum Gasteiger partial charge on any atom is -0.435 e. The van der Waals surface area contributed by atoms with Crippen molar-refractivity contribution in [2.45, 2.75) is 25.7 Å². The Kier molecular flexibility index (Phi) is 4.76. The van der Waals surface area contributed by atoms with Gasteiger partial charge in [0.05, 0.1) is 24.4 Å². The van der Waals surface area contributed by atoms with Gasteiger partial charge in [0.15, 0.2) is 0 Å². The highest BCUT2D eigenvalue weighted by atomic mass is 16.5. The lowest BCUT2D eigenvalue weighted by Crippen LogP contribution is -2.33. The molecule has 0 aromatic carbocycles. The Bertz CT molecular complexity index is 265. The first-order valence-electron chi connectivity index (χ1n) is 5.33. The fourth-order valence-corrected chi connectivity index (χ4v) is 2.03. The fraction of sp³-hybridized carbons (Fsp3) is 0.500. The van der Waals surface area contributed by atoms with Gasteiger partial charge in [-0.3, -0.25) is 9.59 Å². The van der Waals surface area contributed by atoms with Crippen molar-refractivity contribution in [1.29, 1.82) is 0 Å². The molecule has 1 rings (SSSR count). The molecule has 4 heteroatoms. The monoisotopic (exact) mass is 224 g/mol. The van der Waals surface area contributed by atoms with E-state index in [4.69, 9.17) is 9.47 Å². The van der Waals surface area contributed by atoms with Crippen molar-refractivity contribution < 1.29 is 19.1 Å². The van der Waals surface area contributed by atoms with Crippen LogP contribution < -0.4 is 0 Å². The first-order valence-corrected chi connectivity index (χ1v) is 5.33. The molecule has 1 aliphatic rings. The Morgan fingerprint density at radius 3 is 1.62 bits per heavy atom. The molecule has 2 atom stereocenters. The number of esters is 2. The second-order valence-electron chi connectivity index (χ2n) is 3.70. The molecule has 2 unspecified atom stereocenters. The van der Waals surface area contributed by atoms with Crippen LogP contribution in [0.15, 0.2) is 25.7 Å². The van der Waals surface area contributed by atoms with Crippen LogP contribution in [-0.4, -0.2) is 11.9 Å². The third kappa shape index (κ3) is 2.95. The van der Waals surface area contributed by atoms with Gasteiger partial charge in [0, 0.05) is 0 Å². The molecule has 0 bridgehead atoms. The van der Waals surface area contributed by atoms with Gasteiger partial charge in [-0.1, -0.05) is 26.0 Å². The summed E-state index contributed by atoms with van der Waals surface area (Å²) in [6, 6.07) is 0. The highest BCUT2D eigenvalue weighted by Gasteiger charge is 2.37. The predicted octanol–water partition coefficient (Wildman–Crippen LogP) is 2.17. The van der Waals surface area contributed by atoms with Crippen molar-refractivity contribution >= 4 is 11.9 Å². The van der Waals surface area contributed by atoms with Crippen LogP contribution in [0.4, 0.5) is 0 Å². The van der Waals surface area contributed by atoms with Crippen LogP contribution >= 0.6 is 0 Å². The van der Waals surface area contributed by atoms with E-state index in [-0.39, 0.29) is 0 Å². The first kappa shape index (κ1) is 12.5. The minimum atomic E-state index is -0.417. The van der Waals surface area contributed by atoms with Crippen molar-refractivity contribution in [2.75, 3.05) is 0 Å².